The third kappa shape index (κ3) is 6.18. The highest BCUT2D eigenvalue weighted by Crippen LogP contribution is 2.56. The second-order valence-electron chi connectivity index (χ2n) is 7.91. The summed E-state index contributed by atoms with van der Waals surface area (Å²) in [6.07, 6.45) is -40.5. The van der Waals surface area contributed by atoms with E-state index in [2.05, 4.69) is 4.74 Å². The molecule has 0 saturated carbocycles. The number of halogens is 17. The van der Waals surface area contributed by atoms with E-state index in [1.54, 1.807) is 0 Å². The predicted molar refractivity (Wildman–Crippen MR) is 77.9 cm³/mol. The maximum absolute atomic E-state index is 14.3. The van der Waals surface area contributed by atoms with E-state index >= 15 is 0 Å². The van der Waals surface area contributed by atoms with Crippen molar-refractivity contribution in [3.63, 3.8) is 0 Å². The zero-order valence-corrected chi connectivity index (χ0v) is 17.6. The van der Waals surface area contributed by atoms with Gasteiger partial charge in [-0.25, -0.2) is 4.79 Å². The Labute approximate surface area is 188 Å². The van der Waals surface area contributed by atoms with E-state index < -0.39 is 65.9 Å². The Bertz CT molecular complexity index is 794. The van der Waals surface area contributed by atoms with Crippen LogP contribution in [0.4, 0.5) is 74.6 Å². The fraction of sp³-hybridized carbons (Fsp3) is 0.933. The van der Waals surface area contributed by atoms with Crippen LogP contribution < -0.4 is 0 Å². The second kappa shape index (κ2) is 9.19. The van der Waals surface area contributed by atoms with E-state index in [-0.39, 0.29) is 0 Å². The fourth-order valence-electron chi connectivity index (χ4n) is 1.56. The Kier molecular flexibility index (Phi) is 8.73. The molecule has 0 aliphatic heterocycles. The number of ether oxygens (including phenoxy) is 3. The van der Waals surface area contributed by atoms with Crippen LogP contribution in [0.25, 0.3) is 0 Å². The lowest BCUT2D eigenvalue weighted by molar-refractivity contribution is -0.548. The summed E-state index contributed by atoms with van der Waals surface area (Å²) in [6.45, 7) is 3.90. The van der Waals surface area contributed by atoms with Crippen molar-refractivity contribution in [1.82, 2.24) is 0 Å². The normalized spacial score (nSPS) is 19.4. The van der Waals surface area contributed by atoms with Crippen LogP contribution in [0.3, 0.4) is 0 Å². The van der Waals surface area contributed by atoms with Crippen molar-refractivity contribution < 1.29 is 93.6 Å². The molecule has 0 heterocycles. The van der Waals surface area contributed by atoms with Gasteiger partial charge < -0.3 is 4.74 Å². The SMILES string of the molecule is C[C@@H](OC(=O)[C@@](F)(OC(F)(F)[C@](F)(OC(F)(F)C(F)(F)C(F)(F)F)C(F)(F)F)C(F)(F)F)C(C)(C)C. The summed E-state index contributed by atoms with van der Waals surface area (Å²) < 4.78 is 229. The predicted octanol–water partition coefficient (Wildman–Crippen LogP) is 6.84. The number of carbonyl (C=O) groups excluding carboxylic acids is 1. The summed E-state index contributed by atoms with van der Waals surface area (Å²) >= 11 is 0. The van der Waals surface area contributed by atoms with Crippen molar-refractivity contribution >= 4 is 5.97 Å². The van der Waals surface area contributed by atoms with Crippen LogP contribution in [0.15, 0.2) is 0 Å². The van der Waals surface area contributed by atoms with E-state index in [4.69, 9.17) is 0 Å². The molecule has 0 amide bonds. The molecule has 0 unspecified atom stereocenters. The molecule has 0 saturated heterocycles. The molecule has 0 rings (SSSR count). The average molecular weight is 580 g/mol. The first-order valence-corrected chi connectivity index (χ1v) is 8.54. The van der Waals surface area contributed by atoms with E-state index in [0.717, 1.165) is 20.8 Å². The van der Waals surface area contributed by atoms with Crippen molar-refractivity contribution in [1.29, 1.82) is 0 Å². The maximum atomic E-state index is 14.3. The summed E-state index contributed by atoms with van der Waals surface area (Å²) in [7, 11) is 0. The molecule has 0 N–H and O–H groups in total. The molecule has 0 aliphatic carbocycles. The highest BCUT2D eigenvalue weighted by molar-refractivity contribution is 5.79. The summed E-state index contributed by atoms with van der Waals surface area (Å²) in [5.41, 5.74) is -1.44. The third-order valence-corrected chi connectivity index (χ3v) is 4.13. The first-order valence-electron chi connectivity index (χ1n) is 8.54. The Balaban J connectivity index is 6.78. The van der Waals surface area contributed by atoms with Crippen LogP contribution in [0, 0.1) is 5.41 Å². The first-order chi connectivity index (χ1) is 15.2. The van der Waals surface area contributed by atoms with Crippen LogP contribution in [0.5, 0.6) is 0 Å². The van der Waals surface area contributed by atoms with Gasteiger partial charge in [-0.2, -0.15) is 74.6 Å². The van der Waals surface area contributed by atoms with Crippen molar-refractivity contribution in [2.75, 3.05) is 0 Å². The van der Waals surface area contributed by atoms with Gasteiger partial charge in [-0.1, -0.05) is 20.8 Å². The Hall–Kier alpha value is -1.80. The lowest BCUT2D eigenvalue weighted by Crippen LogP contribution is -2.68. The van der Waals surface area contributed by atoms with E-state index in [1.165, 1.54) is 4.74 Å². The van der Waals surface area contributed by atoms with Crippen LogP contribution >= 0.6 is 0 Å². The number of esters is 1. The molecule has 0 aliphatic rings. The zero-order valence-electron chi connectivity index (χ0n) is 17.6. The van der Waals surface area contributed by atoms with E-state index in [1.807, 2.05) is 4.74 Å². The summed E-state index contributed by atoms with van der Waals surface area (Å²) in [5.74, 6) is -26.4. The summed E-state index contributed by atoms with van der Waals surface area (Å²) in [6, 6.07) is 0. The minimum atomic E-state index is -8.06. The molecule has 21 heteroatoms. The quantitative estimate of drug-likeness (QED) is 0.233. The van der Waals surface area contributed by atoms with Gasteiger partial charge in [-0.3, -0.25) is 9.47 Å². The monoisotopic (exact) mass is 580 g/mol. The highest BCUT2D eigenvalue weighted by Gasteiger charge is 2.85. The van der Waals surface area contributed by atoms with Crippen molar-refractivity contribution in [2.24, 2.45) is 5.41 Å². The van der Waals surface area contributed by atoms with Crippen LogP contribution in [0.1, 0.15) is 27.7 Å². The standard InChI is InChI=1S/C15H13F17O4/c1-5(7(2,3)4)34-6(33)8(16,11(20,21)22)35-15(31,32)10(19,13(26,27)28)36-14(29,30)9(17,18)12(23,24)25/h5H,1-4H3/t5-,8-,10-/m1/s1. The molecule has 0 radical (unpaired) electrons. The number of hydrogen-bond acceptors (Lipinski definition) is 4. The minimum absolute atomic E-state index is 0.685. The number of carbonyl (C=O) groups is 1. The molecule has 3 atom stereocenters. The van der Waals surface area contributed by atoms with Crippen LogP contribution in [-0.4, -0.2) is 60.5 Å². The minimum Gasteiger partial charge on any atom is -0.458 e. The van der Waals surface area contributed by atoms with Gasteiger partial charge in [-0.15, -0.1) is 0 Å². The molecular weight excluding hydrogens is 567 g/mol. The highest BCUT2D eigenvalue weighted by atomic mass is 19.4. The number of hydrogen-bond donors (Lipinski definition) is 0. The number of alkyl halides is 17. The molecule has 0 bridgehead atoms. The van der Waals surface area contributed by atoms with Gasteiger partial charge in [0, 0.05) is 0 Å². The molecule has 0 fully saturated rings. The van der Waals surface area contributed by atoms with Crippen molar-refractivity contribution in [2.45, 2.75) is 82.2 Å². The molecule has 216 valence electrons. The summed E-state index contributed by atoms with van der Waals surface area (Å²) in [4.78, 5) is 11.6. The van der Waals surface area contributed by atoms with Crippen molar-refractivity contribution in [3.8, 4) is 0 Å². The van der Waals surface area contributed by atoms with Gasteiger partial charge in [-0.05, 0) is 12.3 Å². The van der Waals surface area contributed by atoms with Crippen LogP contribution in [0.2, 0.25) is 0 Å². The molecule has 0 aromatic heterocycles. The second-order valence-corrected chi connectivity index (χ2v) is 7.91. The molecule has 36 heavy (non-hydrogen) atoms. The van der Waals surface area contributed by atoms with Gasteiger partial charge >= 0.3 is 54.3 Å². The lowest BCUT2D eigenvalue weighted by Gasteiger charge is -2.40. The van der Waals surface area contributed by atoms with Crippen molar-refractivity contribution in [3.05, 3.63) is 0 Å². The smallest absolute Gasteiger partial charge is 0.458 e. The third-order valence-electron chi connectivity index (χ3n) is 4.13. The zero-order chi connectivity index (χ0) is 29.8. The van der Waals surface area contributed by atoms with Gasteiger partial charge in [0.2, 0.25) is 0 Å². The van der Waals surface area contributed by atoms with Crippen LogP contribution in [-0.2, 0) is 19.0 Å². The topological polar surface area (TPSA) is 44.8 Å². The van der Waals surface area contributed by atoms with Gasteiger partial charge in [0.25, 0.3) is 0 Å². The number of rotatable bonds is 8. The van der Waals surface area contributed by atoms with Gasteiger partial charge in [0.05, 0.1) is 0 Å². The Morgan fingerprint density at radius 1 is 0.583 bits per heavy atom. The Morgan fingerprint density at radius 3 is 1.25 bits per heavy atom. The average Bonchev–Trinajstić information content (AvgIpc) is 2.56. The van der Waals surface area contributed by atoms with Gasteiger partial charge in [0.1, 0.15) is 6.10 Å². The lowest BCUT2D eigenvalue weighted by atomic mass is 9.90. The molecule has 0 spiro atoms. The maximum Gasteiger partial charge on any atom is 0.462 e. The molecule has 4 nitrogen and oxygen atoms in total. The Morgan fingerprint density at radius 2 is 0.972 bits per heavy atom. The van der Waals surface area contributed by atoms with E-state index in [9.17, 15) is 79.4 Å². The fourth-order valence-corrected chi connectivity index (χ4v) is 1.56. The molecule has 0 aromatic carbocycles. The van der Waals surface area contributed by atoms with E-state index in [0.29, 0.717) is 6.92 Å². The molecule has 0 aromatic rings. The molecular formula is C15H13F17O4. The largest absolute Gasteiger partial charge is 0.462 e. The first kappa shape index (κ1) is 34.2. The van der Waals surface area contributed by atoms with Gasteiger partial charge in [0.15, 0.2) is 0 Å². The summed E-state index contributed by atoms with van der Waals surface area (Å²) in [5, 5.41) is 0.